The fourth-order valence-electron chi connectivity index (χ4n) is 4.31. The number of hydrogen-bond acceptors (Lipinski definition) is 4. The standard InChI is InChI=1S/C26H26F3N3O3/c1-16-13-31(15-30-16)22-7-6-17(10-24(22)35-3)9-18-5-4-8-32(26(18)33)23(14-34-2)19-11-20(27)25(29)21(28)12-19/h6-7,9-13,15,23H,4-5,8,14H2,1-3H3/b18-9+/t23-/m0/s1. The second-order valence-corrected chi connectivity index (χ2v) is 8.39. The normalized spacial score (nSPS) is 16.1. The van der Waals surface area contributed by atoms with E-state index in [9.17, 15) is 18.0 Å². The summed E-state index contributed by atoms with van der Waals surface area (Å²) in [5.41, 5.74) is 3.15. The van der Waals surface area contributed by atoms with Crippen molar-refractivity contribution in [1.29, 1.82) is 0 Å². The van der Waals surface area contributed by atoms with E-state index in [4.69, 9.17) is 9.47 Å². The van der Waals surface area contributed by atoms with E-state index in [0.717, 1.165) is 29.1 Å². The van der Waals surface area contributed by atoms with Gasteiger partial charge in [-0.15, -0.1) is 0 Å². The molecule has 2 heterocycles. The van der Waals surface area contributed by atoms with Crippen molar-refractivity contribution >= 4 is 12.0 Å². The molecule has 1 atom stereocenters. The second-order valence-electron chi connectivity index (χ2n) is 8.39. The highest BCUT2D eigenvalue weighted by atomic mass is 19.2. The summed E-state index contributed by atoms with van der Waals surface area (Å²) in [6, 6.07) is 6.66. The van der Waals surface area contributed by atoms with Gasteiger partial charge in [0.25, 0.3) is 0 Å². The van der Waals surface area contributed by atoms with E-state index < -0.39 is 23.5 Å². The average molecular weight is 486 g/mol. The number of rotatable bonds is 7. The first kappa shape index (κ1) is 24.5. The van der Waals surface area contributed by atoms with Crippen LogP contribution in [0.4, 0.5) is 13.2 Å². The summed E-state index contributed by atoms with van der Waals surface area (Å²) >= 11 is 0. The van der Waals surface area contributed by atoms with E-state index in [-0.39, 0.29) is 18.1 Å². The lowest BCUT2D eigenvalue weighted by molar-refractivity contribution is -0.132. The van der Waals surface area contributed by atoms with Gasteiger partial charge >= 0.3 is 0 Å². The highest BCUT2D eigenvalue weighted by Gasteiger charge is 2.31. The molecular weight excluding hydrogens is 459 g/mol. The third kappa shape index (κ3) is 5.09. The zero-order valence-corrected chi connectivity index (χ0v) is 19.7. The first-order chi connectivity index (χ1) is 16.8. The molecule has 1 aliphatic heterocycles. The number of imidazole rings is 1. The van der Waals surface area contributed by atoms with Crippen LogP contribution >= 0.6 is 0 Å². The van der Waals surface area contributed by atoms with E-state index in [0.29, 0.717) is 30.7 Å². The van der Waals surface area contributed by atoms with Crippen molar-refractivity contribution in [3.63, 3.8) is 0 Å². The van der Waals surface area contributed by atoms with Crippen molar-refractivity contribution in [3.8, 4) is 11.4 Å². The molecule has 6 nitrogen and oxygen atoms in total. The summed E-state index contributed by atoms with van der Waals surface area (Å²) < 4.78 is 54.0. The minimum absolute atomic E-state index is 0.0103. The molecule has 0 bridgehead atoms. The van der Waals surface area contributed by atoms with Crippen LogP contribution in [-0.4, -0.2) is 47.7 Å². The molecule has 3 aromatic rings. The summed E-state index contributed by atoms with van der Waals surface area (Å²) in [5.74, 6) is -3.80. The second kappa shape index (κ2) is 10.4. The molecule has 35 heavy (non-hydrogen) atoms. The quantitative estimate of drug-likeness (QED) is 0.349. The van der Waals surface area contributed by atoms with E-state index in [1.807, 2.05) is 35.9 Å². The Morgan fingerprint density at radius 3 is 2.51 bits per heavy atom. The summed E-state index contributed by atoms with van der Waals surface area (Å²) in [6.45, 7) is 2.29. The van der Waals surface area contributed by atoms with Gasteiger partial charge in [-0.05, 0) is 61.2 Å². The molecule has 0 saturated carbocycles. The molecule has 4 rings (SSSR count). The minimum Gasteiger partial charge on any atom is -0.495 e. The molecule has 2 aromatic carbocycles. The van der Waals surface area contributed by atoms with Gasteiger partial charge in [0.05, 0.1) is 37.5 Å². The van der Waals surface area contributed by atoms with E-state index in [1.165, 1.54) is 12.0 Å². The Labute approximate surface area is 201 Å². The number of carbonyl (C=O) groups is 1. The molecule has 0 N–H and O–H groups in total. The molecule has 1 fully saturated rings. The maximum absolute atomic E-state index is 13.9. The van der Waals surface area contributed by atoms with Gasteiger partial charge in [0.2, 0.25) is 5.91 Å². The zero-order chi connectivity index (χ0) is 25.1. The minimum atomic E-state index is -1.54. The predicted molar refractivity (Wildman–Crippen MR) is 125 cm³/mol. The van der Waals surface area contributed by atoms with Gasteiger partial charge < -0.3 is 18.9 Å². The highest BCUT2D eigenvalue weighted by Crippen LogP contribution is 2.32. The molecule has 184 valence electrons. The molecule has 0 spiro atoms. The summed E-state index contributed by atoms with van der Waals surface area (Å²) in [5, 5.41) is 0. The Morgan fingerprint density at radius 1 is 1.14 bits per heavy atom. The molecule has 1 aromatic heterocycles. The number of ether oxygens (including phenoxy) is 2. The number of aryl methyl sites for hydroxylation is 1. The molecule has 1 aliphatic rings. The predicted octanol–water partition coefficient (Wildman–Crippen LogP) is 5.00. The lowest BCUT2D eigenvalue weighted by Gasteiger charge is -2.35. The Kier molecular flexibility index (Phi) is 7.25. The van der Waals surface area contributed by atoms with Crippen molar-refractivity contribution in [3.05, 3.63) is 82.7 Å². The highest BCUT2D eigenvalue weighted by molar-refractivity contribution is 5.98. The molecule has 1 amide bonds. The van der Waals surface area contributed by atoms with Crippen LogP contribution in [-0.2, 0) is 9.53 Å². The number of halogens is 3. The topological polar surface area (TPSA) is 56.6 Å². The Balaban J connectivity index is 1.64. The molecule has 0 aliphatic carbocycles. The van der Waals surface area contributed by atoms with Crippen LogP contribution in [0.2, 0.25) is 0 Å². The Hall–Kier alpha value is -3.59. The SMILES string of the molecule is COC[C@@H](c1cc(F)c(F)c(F)c1)N1CCC/C(=C\c2ccc(-n3cnc(C)c3)c(OC)c2)C1=O. The third-order valence-electron chi connectivity index (χ3n) is 6.01. The van der Waals surface area contributed by atoms with Gasteiger partial charge in [0.15, 0.2) is 17.5 Å². The summed E-state index contributed by atoms with van der Waals surface area (Å²) in [7, 11) is 3.01. The van der Waals surface area contributed by atoms with Gasteiger partial charge in [-0.2, -0.15) is 0 Å². The lowest BCUT2D eigenvalue weighted by Crippen LogP contribution is -2.41. The molecule has 1 saturated heterocycles. The van der Waals surface area contributed by atoms with Crippen molar-refractivity contribution in [2.75, 3.05) is 27.4 Å². The van der Waals surface area contributed by atoms with Crippen LogP contribution in [0.15, 0.2) is 48.4 Å². The number of piperidine rings is 1. The fourth-order valence-corrected chi connectivity index (χ4v) is 4.31. The van der Waals surface area contributed by atoms with E-state index in [2.05, 4.69) is 4.98 Å². The van der Waals surface area contributed by atoms with Crippen LogP contribution in [0.3, 0.4) is 0 Å². The van der Waals surface area contributed by atoms with Crippen molar-refractivity contribution in [1.82, 2.24) is 14.5 Å². The molecular formula is C26H26F3N3O3. The number of aromatic nitrogens is 2. The monoisotopic (exact) mass is 485 g/mol. The van der Waals surface area contributed by atoms with Crippen molar-refractivity contribution in [2.24, 2.45) is 0 Å². The molecule has 0 unspecified atom stereocenters. The first-order valence-electron chi connectivity index (χ1n) is 11.2. The zero-order valence-electron chi connectivity index (χ0n) is 19.7. The number of methoxy groups -OCH3 is 2. The lowest BCUT2D eigenvalue weighted by atomic mass is 9.96. The summed E-state index contributed by atoms with van der Waals surface area (Å²) in [6.07, 6.45) is 6.58. The van der Waals surface area contributed by atoms with E-state index >= 15 is 0 Å². The fraction of sp³-hybridized carbons (Fsp3) is 0.308. The Morgan fingerprint density at radius 2 is 1.89 bits per heavy atom. The first-order valence-corrected chi connectivity index (χ1v) is 11.2. The van der Waals surface area contributed by atoms with Crippen LogP contribution in [0, 0.1) is 24.4 Å². The van der Waals surface area contributed by atoms with Crippen LogP contribution in [0.1, 0.15) is 35.7 Å². The molecule has 0 radical (unpaired) electrons. The van der Waals surface area contributed by atoms with Crippen LogP contribution in [0.5, 0.6) is 5.75 Å². The molecule has 9 heteroatoms. The van der Waals surface area contributed by atoms with Gasteiger partial charge in [-0.25, -0.2) is 18.2 Å². The number of benzene rings is 2. The number of likely N-dealkylation sites (tertiary alicyclic amines) is 1. The number of hydrogen-bond donors (Lipinski definition) is 0. The number of nitrogens with zero attached hydrogens (tertiary/aromatic N) is 3. The average Bonchev–Trinajstić information content (AvgIpc) is 3.28. The largest absolute Gasteiger partial charge is 0.495 e. The maximum Gasteiger partial charge on any atom is 0.250 e. The van der Waals surface area contributed by atoms with Gasteiger partial charge in [-0.1, -0.05) is 6.07 Å². The van der Waals surface area contributed by atoms with Gasteiger partial charge in [0.1, 0.15) is 5.75 Å². The van der Waals surface area contributed by atoms with Crippen molar-refractivity contribution < 1.29 is 27.4 Å². The smallest absolute Gasteiger partial charge is 0.250 e. The Bertz CT molecular complexity index is 1250. The van der Waals surface area contributed by atoms with Gasteiger partial charge in [-0.3, -0.25) is 4.79 Å². The van der Waals surface area contributed by atoms with Crippen molar-refractivity contribution in [2.45, 2.75) is 25.8 Å². The number of carbonyl (C=O) groups excluding carboxylic acids is 1. The maximum atomic E-state index is 13.9. The third-order valence-corrected chi connectivity index (χ3v) is 6.01. The van der Waals surface area contributed by atoms with E-state index in [1.54, 1.807) is 19.5 Å². The van der Waals surface area contributed by atoms with Crippen LogP contribution < -0.4 is 4.74 Å². The van der Waals surface area contributed by atoms with Crippen LogP contribution in [0.25, 0.3) is 11.8 Å². The van der Waals surface area contributed by atoms with Gasteiger partial charge in [0, 0.05) is 25.4 Å². The summed E-state index contributed by atoms with van der Waals surface area (Å²) in [4.78, 5) is 19.2. The number of amides is 1.